The minimum absolute atomic E-state index is 0.0173. The second kappa shape index (κ2) is 4.47. The summed E-state index contributed by atoms with van der Waals surface area (Å²) in [4.78, 5) is 0. The molecule has 1 aromatic carbocycles. The fourth-order valence-corrected chi connectivity index (χ4v) is 5.56. The van der Waals surface area contributed by atoms with Crippen LogP contribution in [0, 0.1) is 17.3 Å². The van der Waals surface area contributed by atoms with Crippen LogP contribution in [0.3, 0.4) is 0 Å². The predicted octanol–water partition coefficient (Wildman–Crippen LogP) is 2.58. The van der Waals surface area contributed by atoms with Crippen molar-refractivity contribution in [3.63, 3.8) is 0 Å². The average molecular weight is 288 g/mol. The third-order valence-electron chi connectivity index (χ3n) is 6.68. The van der Waals surface area contributed by atoms with Crippen molar-refractivity contribution in [2.75, 3.05) is 0 Å². The Hall–Kier alpha value is -1.06. The van der Waals surface area contributed by atoms with Crippen LogP contribution in [-0.2, 0) is 6.42 Å². The molecule has 2 fully saturated rings. The molecule has 4 unspecified atom stereocenters. The minimum Gasteiger partial charge on any atom is -0.508 e. The molecule has 3 heteroatoms. The number of aliphatic hydroxyl groups excluding tert-OH is 2. The van der Waals surface area contributed by atoms with Crippen LogP contribution in [0.4, 0.5) is 0 Å². The van der Waals surface area contributed by atoms with Crippen molar-refractivity contribution in [2.24, 2.45) is 17.3 Å². The summed E-state index contributed by atoms with van der Waals surface area (Å²) >= 11 is 0. The van der Waals surface area contributed by atoms with E-state index < -0.39 is 0 Å². The Morgan fingerprint density at radius 2 is 1.95 bits per heavy atom. The maximum absolute atomic E-state index is 10.7. The molecule has 3 aliphatic rings. The lowest BCUT2D eigenvalue weighted by Gasteiger charge is -2.51. The first-order chi connectivity index (χ1) is 10.0. The molecular formula is C18H24O3. The fourth-order valence-electron chi connectivity index (χ4n) is 5.56. The fraction of sp³-hybridized carbons (Fsp3) is 0.667. The number of rotatable bonds is 0. The Morgan fingerprint density at radius 1 is 1.14 bits per heavy atom. The van der Waals surface area contributed by atoms with Crippen molar-refractivity contribution in [1.29, 1.82) is 0 Å². The third kappa shape index (κ3) is 1.80. The van der Waals surface area contributed by atoms with E-state index in [0.29, 0.717) is 18.3 Å². The number of hydrogen-bond acceptors (Lipinski definition) is 3. The lowest BCUT2D eigenvalue weighted by molar-refractivity contribution is -0.0627. The van der Waals surface area contributed by atoms with Crippen LogP contribution in [0.5, 0.6) is 5.75 Å². The van der Waals surface area contributed by atoms with E-state index in [1.54, 1.807) is 6.07 Å². The Balaban J connectivity index is 1.76. The number of phenolic OH excluding ortho intramolecular Hbond substituents is 1. The zero-order valence-corrected chi connectivity index (χ0v) is 12.5. The highest BCUT2D eigenvalue weighted by atomic mass is 16.3. The molecule has 0 spiro atoms. The van der Waals surface area contributed by atoms with Crippen LogP contribution in [0.15, 0.2) is 18.2 Å². The summed E-state index contributed by atoms with van der Waals surface area (Å²) in [7, 11) is 0. The first-order valence-electron chi connectivity index (χ1n) is 8.18. The number of hydrogen-bond donors (Lipinski definition) is 3. The SMILES string of the molecule is CC12CCC3c4ccc(O)cc4C[C@@H](O)C3C1CC[C@@H]2O. The summed E-state index contributed by atoms with van der Waals surface area (Å²) in [6.07, 6.45) is 4.05. The zero-order chi connectivity index (χ0) is 14.8. The first kappa shape index (κ1) is 13.6. The third-order valence-corrected chi connectivity index (χ3v) is 6.68. The smallest absolute Gasteiger partial charge is 0.115 e. The van der Waals surface area contributed by atoms with Gasteiger partial charge in [0.1, 0.15) is 5.75 Å². The largest absolute Gasteiger partial charge is 0.508 e. The normalized spacial score (nSPS) is 44.8. The highest BCUT2D eigenvalue weighted by molar-refractivity contribution is 5.41. The van der Waals surface area contributed by atoms with Gasteiger partial charge in [0, 0.05) is 0 Å². The molecule has 0 bridgehead atoms. The number of aliphatic hydroxyl groups is 2. The quantitative estimate of drug-likeness (QED) is 0.687. The van der Waals surface area contributed by atoms with Gasteiger partial charge in [-0.05, 0) is 78.5 Å². The molecule has 0 heterocycles. The van der Waals surface area contributed by atoms with Gasteiger partial charge in [0.15, 0.2) is 0 Å². The Morgan fingerprint density at radius 3 is 2.76 bits per heavy atom. The highest BCUT2D eigenvalue weighted by Gasteiger charge is 2.56. The number of aromatic hydroxyl groups is 1. The molecule has 114 valence electrons. The number of fused-ring (bicyclic) bond motifs is 5. The zero-order valence-electron chi connectivity index (χ0n) is 12.5. The van der Waals surface area contributed by atoms with Gasteiger partial charge in [0.25, 0.3) is 0 Å². The van der Waals surface area contributed by atoms with Gasteiger partial charge in [-0.15, -0.1) is 0 Å². The van der Waals surface area contributed by atoms with Gasteiger partial charge >= 0.3 is 0 Å². The van der Waals surface area contributed by atoms with E-state index in [2.05, 4.69) is 6.92 Å². The molecule has 0 radical (unpaired) electrons. The van der Waals surface area contributed by atoms with Gasteiger partial charge in [-0.1, -0.05) is 13.0 Å². The van der Waals surface area contributed by atoms with Gasteiger partial charge in [-0.3, -0.25) is 0 Å². The lowest BCUT2D eigenvalue weighted by atomic mass is 9.54. The van der Waals surface area contributed by atoms with E-state index in [1.807, 2.05) is 12.1 Å². The molecule has 0 aromatic heterocycles. The molecule has 6 atom stereocenters. The molecule has 3 aliphatic carbocycles. The number of benzene rings is 1. The van der Waals surface area contributed by atoms with Gasteiger partial charge in [-0.25, -0.2) is 0 Å². The van der Waals surface area contributed by atoms with Crippen LogP contribution >= 0.6 is 0 Å². The molecular weight excluding hydrogens is 264 g/mol. The summed E-state index contributed by atoms with van der Waals surface area (Å²) in [5, 5.41) is 30.8. The first-order valence-corrected chi connectivity index (χ1v) is 8.18. The van der Waals surface area contributed by atoms with Gasteiger partial charge in [0.2, 0.25) is 0 Å². The van der Waals surface area contributed by atoms with Crippen molar-refractivity contribution in [3.05, 3.63) is 29.3 Å². The van der Waals surface area contributed by atoms with Crippen molar-refractivity contribution >= 4 is 0 Å². The topological polar surface area (TPSA) is 60.7 Å². The van der Waals surface area contributed by atoms with E-state index in [4.69, 9.17) is 0 Å². The lowest BCUT2D eigenvalue weighted by Crippen LogP contribution is -2.49. The van der Waals surface area contributed by atoms with E-state index >= 15 is 0 Å². The van der Waals surface area contributed by atoms with Crippen molar-refractivity contribution in [1.82, 2.24) is 0 Å². The molecule has 1 aromatic rings. The monoisotopic (exact) mass is 288 g/mol. The highest BCUT2D eigenvalue weighted by Crippen LogP contribution is 2.60. The van der Waals surface area contributed by atoms with Gasteiger partial charge in [0.05, 0.1) is 12.2 Å². The van der Waals surface area contributed by atoms with Gasteiger partial charge < -0.3 is 15.3 Å². The maximum atomic E-state index is 10.7. The van der Waals surface area contributed by atoms with Crippen LogP contribution < -0.4 is 0 Å². The molecule has 21 heavy (non-hydrogen) atoms. The average Bonchev–Trinajstić information content (AvgIpc) is 2.74. The molecule has 2 saturated carbocycles. The van der Waals surface area contributed by atoms with E-state index in [1.165, 1.54) is 5.56 Å². The van der Waals surface area contributed by atoms with Gasteiger partial charge in [-0.2, -0.15) is 0 Å². The minimum atomic E-state index is -0.348. The van der Waals surface area contributed by atoms with E-state index in [9.17, 15) is 15.3 Å². The van der Waals surface area contributed by atoms with E-state index in [0.717, 1.165) is 31.2 Å². The molecule has 0 aliphatic heterocycles. The Kier molecular flexibility index (Phi) is 2.89. The van der Waals surface area contributed by atoms with Crippen LogP contribution in [0.1, 0.15) is 49.7 Å². The maximum Gasteiger partial charge on any atom is 0.115 e. The Labute approximate surface area is 125 Å². The van der Waals surface area contributed by atoms with Crippen LogP contribution in [0.2, 0.25) is 0 Å². The summed E-state index contributed by atoms with van der Waals surface area (Å²) in [6, 6.07) is 5.62. The summed E-state index contributed by atoms with van der Waals surface area (Å²) in [6.45, 7) is 2.21. The summed E-state index contributed by atoms with van der Waals surface area (Å²) in [5.41, 5.74) is 2.40. The molecule has 0 saturated heterocycles. The summed E-state index contributed by atoms with van der Waals surface area (Å²) < 4.78 is 0. The van der Waals surface area contributed by atoms with E-state index in [-0.39, 0.29) is 29.3 Å². The molecule has 3 nitrogen and oxygen atoms in total. The predicted molar refractivity (Wildman–Crippen MR) is 80.1 cm³/mol. The second-order valence-corrected chi connectivity index (χ2v) is 7.58. The Bertz CT molecular complexity index is 570. The van der Waals surface area contributed by atoms with Crippen LogP contribution in [0.25, 0.3) is 0 Å². The molecule has 0 amide bonds. The van der Waals surface area contributed by atoms with Crippen LogP contribution in [-0.4, -0.2) is 27.5 Å². The van der Waals surface area contributed by atoms with Crippen molar-refractivity contribution in [2.45, 2.75) is 57.2 Å². The standard InChI is InChI=1S/C18H24O3/c1-18-7-6-13-12-3-2-11(19)8-10(12)9-15(20)17(13)14(18)4-5-16(18)21/h2-3,8,13-17,19-21H,4-7,9H2,1H3/t13?,14?,15-,16+,17?,18?/m1/s1. The summed E-state index contributed by atoms with van der Waals surface area (Å²) in [5.74, 6) is 1.35. The number of phenols is 1. The van der Waals surface area contributed by atoms with Crippen molar-refractivity contribution < 1.29 is 15.3 Å². The second-order valence-electron chi connectivity index (χ2n) is 7.58. The molecule has 3 N–H and O–H groups in total. The van der Waals surface area contributed by atoms with Crippen molar-refractivity contribution in [3.8, 4) is 5.75 Å². The molecule has 4 rings (SSSR count).